The first-order valence-corrected chi connectivity index (χ1v) is 6.98. The van der Waals surface area contributed by atoms with Crippen molar-refractivity contribution >= 4 is 11.4 Å². The summed E-state index contributed by atoms with van der Waals surface area (Å²) in [5.74, 6) is -0.207. The van der Waals surface area contributed by atoms with Crippen LogP contribution in [0.15, 0.2) is 28.9 Å². The van der Waals surface area contributed by atoms with Gasteiger partial charge in [-0.05, 0) is 12.1 Å². The van der Waals surface area contributed by atoms with Crippen LogP contribution in [0.2, 0.25) is 0 Å². The molecular weight excluding hydrogens is 368 g/mol. The Morgan fingerprint density at radius 3 is 2.38 bits per heavy atom. The van der Waals surface area contributed by atoms with Gasteiger partial charge in [-0.3, -0.25) is 0 Å². The van der Waals surface area contributed by atoms with Gasteiger partial charge in [0.25, 0.3) is 0 Å². The largest absolute Gasteiger partial charge is 0.447 e. The van der Waals surface area contributed by atoms with Crippen LogP contribution in [0, 0.1) is 6.57 Å². The van der Waals surface area contributed by atoms with Crippen molar-refractivity contribution < 1.29 is 35.9 Å². The highest BCUT2D eigenvalue weighted by molar-refractivity contribution is 5.62. The van der Waals surface area contributed by atoms with Crippen LogP contribution in [0.4, 0.5) is 37.7 Å². The minimum Gasteiger partial charge on any atom is -0.447 e. The molecule has 1 aromatic carbocycles. The summed E-state index contributed by atoms with van der Waals surface area (Å²) in [5, 5.41) is 8.90. The van der Waals surface area contributed by atoms with Crippen molar-refractivity contribution in [2.45, 2.75) is 25.5 Å². The molecule has 26 heavy (non-hydrogen) atoms. The normalized spacial score (nSPS) is 12.1. The van der Waals surface area contributed by atoms with Gasteiger partial charge in [0.2, 0.25) is 5.89 Å². The summed E-state index contributed by atoms with van der Waals surface area (Å²) in [6, 6.07) is 2.28. The number of benzene rings is 1. The third-order valence-corrected chi connectivity index (χ3v) is 3.23. The molecule has 1 N–H and O–H groups in total. The van der Waals surface area contributed by atoms with E-state index >= 15 is 0 Å². The first kappa shape index (κ1) is 19.6. The molecule has 5 nitrogen and oxygen atoms in total. The number of aliphatic hydroxyl groups excluding tert-OH is 1. The van der Waals surface area contributed by atoms with E-state index in [0.717, 1.165) is 18.4 Å². The molecular formula is C15H11F6N3O2. The van der Waals surface area contributed by atoms with Crippen molar-refractivity contribution in [1.29, 1.82) is 0 Å². The predicted molar refractivity (Wildman–Crippen MR) is 77.2 cm³/mol. The quantitative estimate of drug-likeness (QED) is 0.622. The third kappa shape index (κ3) is 4.89. The first-order chi connectivity index (χ1) is 12.0. The fourth-order valence-corrected chi connectivity index (χ4v) is 2.16. The van der Waals surface area contributed by atoms with Crippen LogP contribution in [0.25, 0.3) is 4.85 Å². The van der Waals surface area contributed by atoms with Crippen molar-refractivity contribution in [2.24, 2.45) is 0 Å². The van der Waals surface area contributed by atoms with Gasteiger partial charge in [0.1, 0.15) is 18.5 Å². The number of alkyl halides is 6. The Labute approximate surface area is 143 Å². The van der Waals surface area contributed by atoms with Crippen LogP contribution in [-0.2, 0) is 19.3 Å². The standard InChI is InChI=1S/C15H11F6N3O2/c1-22-12-3-2-10(4-11(12)15(19,20)21)24(8-14(16,17)18)5-13-23-9(6-25)7-26-13/h2-4,7,25H,5-6,8H2. The Morgan fingerprint density at radius 2 is 1.88 bits per heavy atom. The van der Waals surface area contributed by atoms with Gasteiger partial charge in [-0.25, -0.2) is 9.83 Å². The van der Waals surface area contributed by atoms with E-state index in [4.69, 9.17) is 16.1 Å². The highest BCUT2D eigenvalue weighted by Crippen LogP contribution is 2.39. The lowest BCUT2D eigenvalue weighted by Gasteiger charge is -2.25. The number of aliphatic hydroxyl groups is 1. The molecule has 0 spiro atoms. The number of hydrogen-bond donors (Lipinski definition) is 1. The monoisotopic (exact) mass is 379 g/mol. The van der Waals surface area contributed by atoms with Crippen LogP contribution in [0.1, 0.15) is 17.1 Å². The van der Waals surface area contributed by atoms with Crippen molar-refractivity contribution in [3.63, 3.8) is 0 Å². The zero-order valence-electron chi connectivity index (χ0n) is 12.9. The van der Waals surface area contributed by atoms with Crippen LogP contribution < -0.4 is 4.90 Å². The molecule has 11 heteroatoms. The third-order valence-electron chi connectivity index (χ3n) is 3.23. The summed E-state index contributed by atoms with van der Waals surface area (Å²) in [5.41, 5.74) is -2.37. The topological polar surface area (TPSA) is 53.9 Å². The molecule has 0 aliphatic rings. The van der Waals surface area contributed by atoms with Gasteiger partial charge >= 0.3 is 12.4 Å². The van der Waals surface area contributed by atoms with Gasteiger partial charge in [0, 0.05) is 5.69 Å². The molecule has 0 aliphatic heterocycles. The van der Waals surface area contributed by atoms with Gasteiger partial charge in [0.15, 0.2) is 5.69 Å². The Kier molecular flexibility index (Phi) is 5.46. The van der Waals surface area contributed by atoms with E-state index in [1.54, 1.807) is 0 Å². The molecule has 2 aromatic rings. The van der Waals surface area contributed by atoms with Gasteiger partial charge < -0.3 is 14.4 Å². The van der Waals surface area contributed by atoms with E-state index < -0.39 is 49.0 Å². The first-order valence-electron chi connectivity index (χ1n) is 6.98. The average molecular weight is 379 g/mol. The van der Waals surface area contributed by atoms with Gasteiger partial charge in [-0.15, -0.1) is 0 Å². The maximum Gasteiger partial charge on any atom is 0.407 e. The smallest absolute Gasteiger partial charge is 0.407 e. The second-order valence-electron chi connectivity index (χ2n) is 5.17. The number of hydrogen-bond acceptors (Lipinski definition) is 4. The molecule has 0 radical (unpaired) electrons. The molecule has 0 bridgehead atoms. The molecule has 1 aromatic heterocycles. The molecule has 0 unspecified atom stereocenters. The lowest BCUT2D eigenvalue weighted by molar-refractivity contribution is -0.136. The molecule has 0 saturated heterocycles. The van der Waals surface area contributed by atoms with Crippen LogP contribution >= 0.6 is 0 Å². The summed E-state index contributed by atoms with van der Waals surface area (Å²) in [6.45, 7) is 4.14. The van der Waals surface area contributed by atoms with Crippen molar-refractivity contribution in [3.8, 4) is 0 Å². The van der Waals surface area contributed by atoms with Crippen LogP contribution in [0.3, 0.4) is 0 Å². The van der Waals surface area contributed by atoms with Crippen LogP contribution in [0.5, 0.6) is 0 Å². The molecule has 0 amide bonds. The molecule has 1 heterocycles. The summed E-state index contributed by atoms with van der Waals surface area (Å²) in [4.78, 5) is 7.07. The fraction of sp³-hybridized carbons (Fsp3) is 0.333. The van der Waals surface area contributed by atoms with Crippen molar-refractivity contribution in [1.82, 2.24) is 4.98 Å². The minimum atomic E-state index is -4.90. The van der Waals surface area contributed by atoms with E-state index in [1.807, 2.05) is 0 Å². The SMILES string of the molecule is [C-]#[N+]c1ccc(N(Cc2nc(CO)co2)CC(F)(F)F)cc1C(F)(F)F. The molecule has 0 atom stereocenters. The second-order valence-corrected chi connectivity index (χ2v) is 5.17. The molecule has 140 valence electrons. The van der Waals surface area contributed by atoms with Crippen molar-refractivity contribution in [3.05, 3.63) is 53.0 Å². The van der Waals surface area contributed by atoms with E-state index in [-0.39, 0.29) is 11.6 Å². The second kappa shape index (κ2) is 7.25. The van der Waals surface area contributed by atoms with E-state index in [1.165, 1.54) is 0 Å². The van der Waals surface area contributed by atoms with Gasteiger partial charge in [0.05, 0.1) is 25.3 Å². The lowest BCUT2D eigenvalue weighted by atomic mass is 10.1. The Bertz CT molecular complexity index is 807. The number of nitrogens with zero attached hydrogens (tertiary/aromatic N) is 3. The Morgan fingerprint density at radius 1 is 1.19 bits per heavy atom. The van der Waals surface area contributed by atoms with E-state index in [9.17, 15) is 26.3 Å². The van der Waals surface area contributed by atoms with Gasteiger partial charge in [-0.1, -0.05) is 6.07 Å². The highest BCUT2D eigenvalue weighted by Gasteiger charge is 2.36. The average Bonchev–Trinajstić information content (AvgIpc) is 2.99. The number of oxazole rings is 1. The maximum absolute atomic E-state index is 13.0. The number of anilines is 1. The zero-order valence-corrected chi connectivity index (χ0v) is 12.9. The number of rotatable bonds is 5. The Hall–Kier alpha value is -2.74. The predicted octanol–water partition coefficient (Wildman–Crippen LogP) is 4.31. The molecule has 0 fully saturated rings. The highest BCUT2D eigenvalue weighted by atomic mass is 19.4. The molecule has 0 saturated carbocycles. The summed E-state index contributed by atoms with van der Waals surface area (Å²) in [7, 11) is 0. The Balaban J connectivity index is 2.43. The number of halogens is 6. The van der Waals surface area contributed by atoms with E-state index in [0.29, 0.717) is 11.0 Å². The lowest BCUT2D eigenvalue weighted by Crippen LogP contribution is -2.34. The van der Waals surface area contributed by atoms with Crippen molar-refractivity contribution in [2.75, 3.05) is 11.4 Å². The van der Waals surface area contributed by atoms with Gasteiger partial charge in [-0.2, -0.15) is 26.3 Å². The van der Waals surface area contributed by atoms with E-state index in [2.05, 4.69) is 9.83 Å². The summed E-state index contributed by atoms with van der Waals surface area (Å²) in [6.07, 6.45) is -8.57. The fourth-order valence-electron chi connectivity index (χ4n) is 2.16. The minimum absolute atomic E-state index is 0.0753. The number of aromatic nitrogens is 1. The zero-order chi connectivity index (χ0) is 19.5. The molecule has 2 rings (SSSR count). The maximum atomic E-state index is 13.0. The van der Waals surface area contributed by atoms with Crippen LogP contribution in [-0.4, -0.2) is 22.8 Å². The molecule has 0 aliphatic carbocycles. The summed E-state index contributed by atoms with van der Waals surface area (Å²) < 4.78 is 82.6. The summed E-state index contributed by atoms with van der Waals surface area (Å²) >= 11 is 0.